The van der Waals surface area contributed by atoms with E-state index in [1.165, 1.54) is 31.3 Å². The number of phenols is 2. The second-order valence-electron chi connectivity index (χ2n) is 4.73. The normalized spacial score (nSPS) is 10.8. The molecule has 0 atom stereocenters. The number of carbonyl (C=O) groups excluding carboxylic acids is 1. The van der Waals surface area contributed by atoms with E-state index in [0.717, 1.165) is 0 Å². The number of H-pyrrole nitrogens is 2. The molecule has 9 nitrogen and oxygen atoms in total. The number of hydrogen-bond donors (Lipinski definition) is 5. The quantitative estimate of drug-likeness (QED) is 0.292. The van der Waals surface area contributed by atoms with Gasteiger partial charge in [0.1, 0.15) is 0 Å². The summed E-state index contributed by atoms with van der Waals surface area (Å²) >= 11 is 0. The van der Waals surface area contributed by atoms with E-state index in [1.54, 1.807) is 0 Å². The fourth-order valence-electron chi connectivity index (χ4n) is 1.84. The molecule has 0 bridgehead atoms. The van der Waals surface area contributed by atoms with Crippen molar-refractivity contribution < 1.29 is 15.0 Å². The summed E-state index contributed by atoms with van der Waals surface area (Å²) in [6.07, 6.45) is 1.01. The number of aromatic nitrogens is 2. The third kappa shape index (κ3) is 4.06. The van der Waals surface area contributed by atoms with Crippen LogP contribution in [0.5, 0.6) is 11.5 Å². The molecule has 120 valence electrons. The minimum Gasteiger partial charge on any atom is -0.504 e. The van der Waals surface area contributed by atoms with Gasteiger partial charge in [-0.3, -0.25) is 14.6 Å². The van der Waals surface area contributed by atoms with Crippen molar-refractivity contribution in [3.8, 4) is 11.5 Å². The maximum absolute atomic E-state index is 11.8. The number of rotatable bonds is 4. The van der Waals surface area contributed by atoms with Crippen LogP contribution in [0.2, 0.25) is 0 Å². The first-order valence-electron chi connectivity index (χ1n) is 6.53. The van der Waals surface area contributed by atoms with Gasteiger partial charge in [-0.1, -0.05) is 0 Å². The van der Waals surface area contributed by atoms with Crippen molar-refractivity contribution in [3.05, 3.63) is 55.9 Å². The molecule has 1 aromatic carbocycles. The highest BCUT2D eigenvalue weighted by atomic mass is 16.3. The van der Waals surface area contributed by atoms with Gasteiger partial charge in [-0.05, 0) is 30.7 Å². The van der Waals surface area contributed by atoms with Gasteiger partial charge in [-0.25, -0.2) is 10.2 Å². The number of nitrogens with one attached hydrogen (secondary N) is 3. The number of aromatic amines is 2. The zero-order valence-electron chi connectivity index (χ0n) is 12.1. The Morgan fingerprint density at radius 3 is 2.65 bits per heavy atom. The van der Waals surface area contributed by atoms with Gasteiger partial charge in [-0.2, -0.15) is 5.10 Å². The molecule has 2 rings (SSSR count). The van der Waals surface area contributed by atoms with Crippen LogP contribution in [0.1, 0.15) is 16.8 Å². The van der Waals surface area contributed by atoms with Gasteiger partial charge in [0, 0.05) is 11.3 Å². The molecule has 0 unspecified atom stereocenters. The number of carbonyl (C=O) groups is 1. The summed E-state index contributed by atoms with van der Waals surface area (Å²) in [5, 5.41) is 22.2. The molecule has 0 aliphatic rings. The lowest BCUT2D eigenvalue weighted by Crippen LogP contribution is -2.30. The van der Waals surface area contributed by atoms with Gasteiger partial charge in [0.25, 0.3) is 5.56 Å². The van der Waals surface area contributed by atoms with Crippen LogP contribution in [-0.4, -0.2) is 32.3 Å². The standard InChI is InChI=1S/C14H14N4O5/c1-7-9(13(22)17-14(23)16-7)5-12(21)18-15-6-8-2-3-10(19)11(20)4-8/h2-4,6,19-20H,5H2,1H3,(H,18,21)(H2,16,17,22,23)/b15-6-. The van der Waals surface area contributed by atoms with E-state index in [-0.39, 0.29) is 23.5 Å². The van der Waals surface area contributed by atoms with Crippen LogP contribution in [0.4, 0.5) is 0 Å². The van der Waals surface area contributed by atoms with Crippen molar-refractivity contribution in [2.24, 2.45) is 5.10 Å². The van der Waals surface area contributed by atoms with Crippen molar-refractivity contribution in [2.45, 2.75) is 13.3 Å². The van der Waals surface area contributed by atoms with Crippen molar-refractivity contribution >= 4 is 12.1 Å². The van der Waals surface area contributed by atoms with E-state index in [2.05, 4.69) is 15.5 Å². The van der Waals surface area contributed by atoms with Gasteiger partial charge >= 0.3 is 5.69 Å². The Balaban J connectivity index is 2.03. The molecule has 0 aliphatic carbocycles. The number of aryl methyl sites for hydroxylation is 1. The molecule has 1 amide bonds. The number of nitrogens with zero attached hydrogens (tertiary/aromatic N) is 1. The number of hydrogen-bond acceptors (Lipinski definition) is 6. The van der Waals surface area contributed by atoms with Crippen LogP contribution in [0, 0.1) is 6.92 Å². The van der Waals surface area contributed by atoms with E-state index in [4.69, 9.17) is 0 Å². The minimum atomic E-state index is -0.637. The summed E-state index contributed by atoms with van der Waals surface area (Å²) in [6, 6.07) is 4.03. The molecule has 0 saturated heterocycles. The Morgan fingerprint density at radius 1 is 1.26 bits per heavy atom. The molecule has 2 aromatic rings. The molecule has 1 heterocycles. The van der Waals surface area contributed by atoms with Crippen LogP contribution in [0.25, 0.3) is 0 Å². The van der Waals surface area contributed by atoms with E-state index in [1.807, 2.05) is 4.98 Å². The molecule has 5 N–H and O–H groups in total. The van der Waals surface area contributed by atoms with Crippen LogP contribution in [-0.2, 0) is 11.2 Å². The third-order valence-corrected chi connectivity index (χ3v) is 2.99. The molecule has 0 saturated carbocycles. The first-order chi connectivity index (χ1) is 10.9. The lowest BCUT2D eigenvalue weighted by Gasteiger charge is -2.03. The van der Waals surface area contributed by atoms with Gasteiger partial charge in [0.05, 0.1) is 12.6 Å². The zero-order valence-corrected chi connectivity index (χ0v) is 12.1. The van der Waals surface area contributed by atoms with Gasteiger partial charge < -0.3 is 15.2 Å². The SMILES string of the molecule is Cc1[nH]c(=O)[nH]c(=O)c1CC(=O)N/N=C\c1ccc(O)c(O)c1. The number of amides is 1. The number of benzene rings is 1. The summed E-state index contributed by atoms with van der Waals surface area (Å²) in [4.78, 5) is 38.9. The highest BCUT2D eigenvalue weighted by Gasteiger charge is 2.10. The van der Waals surface area contributed by atoms with Crippen LogP contribution >= 0.6 is 0 Å². The van der Waals surface area contributed by atoms with Crippen molar-refractivity contribution in [3.63, 3.8) is 0 Å². The average molecular weight is 318 g/mol. The Morgan fingerprint density at radius 2 is 2.00 bits per heavy atom. The minimum absolute atomic E-state index is 0.138. The molecule has 1 aromatic heterocycles. The fourth-order valence-corrected chi connectivity index (χ4v) is 1.84. The molecule has 23 heavy (non-hydrogen) atoms. The Hall–Kier alpha value is -3.36. The molecule has 0 spiro atoms. The van der Waals surface area contributed by atoms with Crippen molar-refractivity contribution in [1.82, 2.24) is 15.4 Å². The number of hydrazone groups is 1. The van der Waals surface area contributed by atoms with E-state index in [0.29, 0.717) is 11.3 Å². The molecular weight excluding hydrogens is 304 g/mol. The molecule has 9 heteroatoms. The highest BCUT2D eigenvalue weighted by Crippen LogP contribution is 2.23. The molecular formula is C14H14N4O5. The zero-order chi connectivity index (χ0) is 17.0. The first-order valence-corrected chi connectivity index (χ1v) is 6.53. The predicted octanol–water partition coefficient (Wildman–Crippen LogP) is -0.524. The molecule has 0 aliphatic heterocycles. The van der Waals surface area contributed by atoms with Crippen molar-refractivity contribution in [1.29, 1.82) is 0 Å². The number of aromatic hydroxyl groups is 2. The van der Waals surface area contributed by atoms with Crippen LogP contribution < -0.4 is 16.7 Å². The monoisotopic (exact) mass is 318 g/mol. The van der Waals surface area contributed by atoms with E-state index in [9.17, 15) is 24.6 Å². The lowest BCUT2D eigenvalue weighted by atomic mass is 10.1. The molecule has 0 radical (unpaired) electrons. The summed E-state index contributed by atoms with van der Waals surface area (Å²) in [7, 11) is 0. The second-order valence-corrected chi connectivity index (χ2v) is 4.73. The predicted molar refractivity (Wildman–Crippen MR) is 81.6 cm³/mol. The summed E-state index contributed by atoms with van der Waals surface area (Å²) in [5.41, 5.74) is 1.86. The van der Waals surface area contributed by atoms with Crippen molar-refractivity contribution in [2.75, 3.05) is 0 Å². The lowest BCUT2D eigenvalue weighted by molar-refractivity contribution is -0.120. The van der Waals surface area contributed by atoms with Crippen LogP contribution in [0.3, 0.4) is 0 Å². The first kappa shape index (κ1) is 16.0. The smallest absolute Gasteiger partial charge is 0.325 e. The Labute approximate surface area is 129 Å². The fraction of sp³-hybridized carbons (Fsp3) is 0.143. The summed E-state index contributed by atoms with van der Waals surface area (Å²) in [6.45, 7) is 1.52. The van der Waals surface area contributed by atoms with E-state index < -0.39 is 17.2 Å². The topological polar surface area (TPSA) is 148 Å². The maximum atomic E-state index is 11.8. The largest absolute Gasteiger partial charge is 0.504 e. The number of phenolic OH excluding ortho intramolecular Hbond substituents is 2. The third-order valence-electron chi connectivity index (χ3n) is 2.99. The highest BCUT2D eigenvalue weighted by molar-refractivity contribution is 5.84. The molecule has 0 fully saturated rings. The van der Waals surface area contributed by atoms with Gasteiger partial charge in [-0.15, -0.1) is 0 Å². The average Bonchev–Trinajstić information content (AvgIpc) is 2.46. The summed E-state index contributed by atoms with van der Waals surface area (Å²) in [5.74, 6) is -1.13. The summed E-state index contributed by atoms with van der Waals surface area (Å²) < 4.78 is 0. The van der Waals surface area contributed by atoms with E-state index >= 15 is 0 Å². The van der Waals surface area contributed by atoms with Gasteiger partial charge in [0.15, 0.2) is 11.5 Å². The van der Waals surface area contributed by atoms with Crippen LogP contribution in [0.15, 0.2) is 32.9 Å². The second kappa shape index (κ2) is 6.60. The van der Waals surface area contributed by atoms with Gasteiger partial charge in [0.2, 0.25) is 5.91 Å². The Bertz CT molecular complexity index is 881. The maximum Gasteiger partial charge on any atom is 0.325 e. The Kier molecular flexibility index (Phi) is 4.60.